The van der Waals surface area contributed by atoms with Gasteiger partial charge in [0.25, 0.3) is 0 Å². The van der Waals surface area contributed by atoms with Gasteiger partial charge in [0.2, 0.25) is 0 Å². The molecule has 364 valence electrons. The Morgan fingerprint density at radius 2 is 1.38 bits per heavy atom. The molecule has 4 saturated carbocycles. The number of carbonyl (C=O) groups is 2. The van der Waals surface area contributed by atoms with Crippen molar-refractivity contribution in [3.05, 3.63) is 11.6 Å². The zero-order valence-electron chi connectivity index (χ0n) is 39.2. The van der Waals surface area contributed by atoms with Crippen LogP contribution in [-0.2, 0) is 42.7 Å². The van der Waals surface area contributed by atoms with E-state index in [0.717, 1.165) is 58.3 Å². The van der Waals surface area contributed by atoms with E-state index in [1.165, 1.54) is 12.5 Å². The van der Waals surface area contributed by atoms with Crippen molar-refractivity contribution in [3.63, 3.8) is 0 Å². The van der Waals surface area contributed by atoms with Crippen molar-refractivity contribution in [2.45, 2.75) is 213 Å². The normalized spacial score (nSPS) is 52.2. The number of carbonyl (C=O) groups excluding carboxylic acids is 1. The van der Waals surface area contributed by atoms with Gasteiger partial charge in [0.05, 0.1) is 30.8 Å². The molecule has 8 aliphatic rings. The molecule has 3 saturated heterocycles. The molecule has 21 atom stereocenters. The molecule has 0 aromatic heterocycles. The molecular weight excluding hydrogens is 833 g/mol. The predicted octanol–water partition coefficient (Wildman–Crippen LogP) is 3.58. The summed E-state index contributed by atoms with van der Waals surface area (Å²) < 4.78 is 41.5. The van der Waals surface area contributed by atoms with Gasteiger partial charge in [-0.3, -0.25) is 9.59 Å². The maximum Gasteiger partial charge on any atom is 0.310 e. The minimum Gasteiger partial charge on any atom is -0.481 e. The summed E-state index contributed by atoms with van der Waals surface area (Å²) in [6, 6.07) is 0. The molecular formula is C48H76O16. The first-order valence-corrected chi connectivity index (χ1v) is 23.9. The molecule has 64 heavy (non-hydrogen) atoms. The number of aliphatic hydroxyl groups is 6. The highest BCUT2D eigenvalue weighted by Gasteiger charge is 2.70. The molecule has 8 rings (SSSR count). The third-order valence-corrected chi connectivity index (χ3v) is 18.8. The summed E-state index contributed by atoms with van der Waals surface area (Å²) in [6.45, 7) is 18.6. The first-order valence-electron chi connectivity index (χ1n) is 23.9. The molecule has 3 aliphatic heterocycles. The highest BCUT2D eigenvalue weighted by atomic mass is 16.8. The molecule has 5 aliphatic carbocycles. The molecule has 16 nitrogen and oxygen atoms in total. The highest BCUT2D eigenvalue weighted by Crippen LogP contribution is 2.76. The summed E-state index contributed by atoms with van der Waals surface area (Å²) in [5.41, 5.74) is 0.240. The van der Waals surface area contributed by atoms with E-state index in [2.05, 4.69) is 54.5 Å². The van der Waals surface area contributed by atoms with Crippen LogP contribution in [0.15, 0.2) is 11.6 Å². The Labute approximate surface area is 377 Å². The van der Waals surface area contributed by atoms with Crippen molar-refractivity contribution in [2.75, 3.05) is 13.2 Å². The summed E-state index contributed by atoms with van der Waals surface area (Å²) in [4.78, 5) is 24.6. The second-order valence-electron chi connectivity index (χ2n) is 23.1. The van der Waals surface area contributed by atoms with Crippen LogP contribution in [0.3, 0.4) is 0 Å². The maximum atomic E-state index is 13.1. The zero-order chi connectivity index (χ0) is 46.7. The monoisotopic (exact) mass is 909 g/mol. The fraction of sp³-hybridized carbons (Fsp3) is 0.917. The minimum absolute atomic E-state index is 0.0233. The predicted molar refractivity (Wildman–Crippen MR) is 227 cm³/mol. The van der Waals surface area contributed by atoms with Crippen LogP contribution in [0, 0.1) is 50.2 Å². The average molecular weight is 909 g/mol. The molecule has 0 bridgehead atoms. The van der Waals surface area contributed by atoms with Gasteiger partial charge in [-0.25, -0.2) is 0 Å². The van der Waals surface area contributed by atoms with Gasteiger partial charge in [0.15, 0.2) is 25.0 Å². The fourth-order valence-electron chi connectivity index (χ4n) is 14.8. The number of rotatable bonds is 8. The van der Waals surface area contributed by atoms with Crippen molar-refractivity contribution in [3.8, 4) is 0 Å². The Bertz CT molecular complexity index is 1790. The molecule has 0 aromatic rings. The minimum atomic E-state index is -1.72. The number of carboxylic acids is 1. The van der Waals surface area contributed by atoms with E-state index < -0.39 is 97.3 Å². The van der Waals surface area contributed by atoms with Crippen LogP contribution >= 0.6 is 0 Å². The zero-order valence-corrected chi connectivity index (χ0v) is 39.2. The van der Waals surface area contributed by atoms with E-state index in [1.54, 1.807) is 0 Å². The van der Waals surface area contributed by atoms with Crippen molar-refractivity contribution in [1.82, 2.24) is 0 Å². The summed E-state index contributed by atoms with van der Waals surface area (Å²) in [5.74, 6) is -0.639. The lowest BCUT2D eigenvalue weighted by Gasteiger charge is -2.71. The molecule has 7 N–H and O–H groups in total. The van der Waals surface area contributed by atoms with Crippen LogP contribution in [0.2, 0.25) is 0 Å². The van der Waals surface area contributed by atoms with E-state index >= 15 is 0 Å². The van der Waals surface area contributed by atoms with Gasteiger partial charge in [0, 0.05) is 6.92 Å². The van der Waals surface area contributed by atoms with Gasteiger partial charge in [-0.1, -0.05) is 60.1 Å². The van der Waals surface area contributed by atoms with Crippen LogP contribution in [-0.4, -0.2) is 147 Å². The Morgan fingerprint density at radius 3 is 2.06 bits per heavy atom. The first kappa shape index (κ1) is 48.6. The lowest BCUT2D eigenvalue weighted by atomic mass is 9.33. The molecule has 0 amide bonds. The van der Waals surface area contributed by atoms with E-state index in [1.807, 2.05) is 0 Å². The van der Waals surface area contributed by atoms with Crippen molar-refractivity contribution < 1.29 is 78.5 Å². The topological polar surface area (TPSA) is 240 Å². The molecule has 0 aromatic carbocycles. The lowest BCUT2D eigenvalue weighted by molar-refractivity contribution is -0.378. The quantitative estimate of drug-likeness (QED) is 0.105. The van der Waals surface area contributed by atoms with E-state index in [-0.39, 0.29) is 58.2 Å². The van der Waals surface area contributed by atoms with Crippen LogP contribution < -0.4 is 0 Å². The number of aliphatic carboxylic acids is 1. The van der Waals surface area contributed by atoms with Crippen molar-refractivity contribution >= 4 is 11.9 Å². The summed E-state index contributed by atoms with van der Waals surface area (Å²) in [6.07, 6.45) is -7.74. The van der Waals surface area contributed by atoms with E-state index in [4.69, 9.17) is 33.2 Å². The van der Waals surface area contributed by atoms with Gasteiger partial charge in [-0.05, 0) is 116 Å². The highest BCUT2D eigenvalue weighted by molar-refractivity contribution is 5.76. The Balaban J connectivity index is 0.985. The van der Waals surface area contributed by atoms with Gasteiger partial charge in [-0.15, -0.1) is 0 Å². The van der Waals surface area contributed by atoms with Crippen LogP contribution in [0.1, 0.15) is 127 Å². The second-order valence-corrected chi connectivity index (χ2v) is 23.1. The summed E-state index contributed by atoms with van der Waals surface area (Å²) in [7, 11) is 0. The van der Waals surface area contributed by atoms with Gasteiger partial charge >= 0.3 is 11.9 Å². The van der Waals surface area contributed by atoms with Crippen LogP contribution in [0.5, 0.6) is 0 Å². The number of esters is 1. The number of hydrogen-bond acceptors (Lipinski definition) is 15. The van der Waals surface area contributed by atoms with E-state index in [0.29, 0.717) is 18.8 Å². The number of carboxylic acid groups (broad SMARTS) is 1. The van der Waals surface area contributed by atoms with Gasteiger partial charge < -0.3 is 68.9 Å². The van der Waals surface area contributed by atoms with Crippen molar-refractivity contribution in [1.29, 1.82) is 0 Å². The van der Waals surface area contributed by atoms with Crippen LogP contribution in [0.4, 0.5) is 0 Å². The molecule has 7 fully saturated rings. The van der Waals surface area contributed by atoms with Gasteiger partial charge in [0.1, 0.15) is 48.8 Å². The largest absolute Gasteiger partial charge is 0.481 e. The molecule has 2 unspecified atom stereocenters. The smallest absolute Gasteiger partial charge is 0.310 e. The standard InChI is InChI=1S/C48H76O16/c1-23-32(51)37(63-39-35(54)34(53)28(22-59-39)61-24(2)49)36(55)40(60-23)64-38-33(52)27(50)21-58-41(38)62-31-13-14-45(7)29(44(31,5)6)12-15-47(9)30(45)11-10-25-26-20-43(3,4)16-18-48(26,42(56)57)19-17-46(25,47)8/h10,23,26-41,50-55H,11-22H2,1-9H3,(H,56,57)/t23-,26?,27-,28+,29?,30+,31-,32-,33-,34-,35+,36+,37+,38+,39-,40-,41-,45-,46+,47+,48-/m0/s1. The van der Waals surface area contributed by atoms with Gasteiger partial charge in [-0.2, -0.15) is 0 Å². The molecule has 0 radical (unpaired) electrons. The lowest BCUT2D eigenvalue weighted by Crippen LogP contribution is -2.66. The number of allylic oxidation sites excluding steroid dienone is 2. The third-order valence-electron chi connectivity index (χ3n) is 18.8. The Kier molecular flexibility index (Phi) is 12.9. The maximum absolute atomic E-state index is 13.1. The van der Waals surface area contributed by atoms with E-state index in [9.17, 15) is 45.3 Å². The second kappa shape index (κ2) is 17.0. The number of aliphatic hydroxyl groups excluding tert-OH is 6. The third kappa shape index (κ3) is 7.73. The summed E-state index contributed by atoms with van der Waals surface area (Å²) >= 11 is 0. The fourth-order valence-corrected chi connectivity index (χ4v) is 14.8. The number of hydrogen-bond donors (Lipinski definition) is 7. The Hall–Kier alpha value is -1.80. The average Bonchev–Trinajstić information content (AvgIpc) is 3.21. The van der Waals surface area contributed by atoms with Crippen LogP contribution in [0.25, 0.3) is 0 Å². The molecule has 3 heterocycles. The molecule has 0 spiro atoms. The number of ether oxygens (including phenoxy) is 7. The summed E-state index contributed by atoms with van der Waals surface area (Å²) in [5, 5.41) is 77.0. The van der Waals surface area contributed by atoms with Crippen molar-refractivity contribution in [2.24, 2.45) is 50.2 Å². The first-order chi connectivity index (χ1) is 29.8. The SMILES string of the molecule is CC(=O)O[C@@H]1CO[C@@H](O[C@@H]2[C@@H](O)[C@H](C)O[C@@H](O[C@H]3[C@H](O[C@H]4CC[C@@]5(C)C(CC[C@]6(C)[C@@H]5CC=C5C7CC(C)(C)CC[C@]7(C(=O)O)CC[C@]56C)C4(C)C)OC[C@H](O)[C@@H]3O)[C@@H]2O)[C@H](O)[C@H]1O. The Morgan fingerprint density at radius 1 is 0.703 bits per heavy atom. The number of fused-ring (bicyclic) bond motifs is 7. The molecule has 16 heteroatoms.